The lowest BCUT2D eigenvalue weighted by Gasteiger charge is -2.23. The van der Waals surface area contributed by atoms with E-state index in [1.165, 1.54) is 0 Å². The topological polar surface area (TPSA) is 66.8 Å². The molecule has 2 saturated carbocycles. The molecule has 2 N–H and O–H groups in total. The van der Waals surface area contributed by atoms with E-state index in [1.807, 2.05) is 0 Å². The van der Waals surface area contributed by atoms with Gasteiger partial charge in [-0.2, -0.15) is 0 Å². The number of ether oxygens (including phenoxy) is 1. The summed E-state index contributed by atoms with van der Waals surface area (Å²) in [6.45, 7) is 0.388. The minimum absolute atomic E-state index is 0.0556. The van der Waals surface area contributed by atoms with Crippen LogP contribution in [-0.4, -0.2) is 35.0 Å². The van der Waals surface area contributed by atoms with Crippen molar-refractivity contribution < 1.29 is 19.7 Å². The molecule has 1 aliphatic heterocycles. The smallest absolute Gasteiger partial charge is 0.309 e. The van der Waals surface area contributed by atoms with Gasteiger partial charge in [-0.25, -0.2) is 0 Å². The number of rotatable bonds is 0. The minimum atomic E-state index is -0.488. The maximum Gasteiger partial charge on any atom is 0.309 e. The van der Waals surface area contributed by atoms with Crippen LogP contribution in [-0.2, 0) is 9.53 Å². The summed E-state index contributed by atoms with van der Waals surface area (Å²) >= 11 is 0. The fourth-order valence-corrected chi connectivity index (χ4v) is 3.38. The van der Waals surface area contributed by atoms with Crippen LogP contribution in [0.5, 0.6) is 0 Å². The molecule has 0 amide bonds. The Morgan fingerprint density at radius 2 is 2.08 bits per heavy atom. The van der Waals surface area contributed by atoms with Gasteiger partial charge in [-0.15, -0.1) is 0 Å². The lowest BCUT2D eigenvalue weighted by Crippen LogP contribution is -2.31. The van der Waals surface area contributed by atoms with Gasteiger partial charge in [0.25, 0.3) is 0 Å². The van der Waals surface area contributed by atoms with Crippen LogP contribution in [0.25, 0.3) is 0 Å². The number of fused-ring (bicyclic) bond motifs is 5. The molecule has 13 heavy (non-hydrogen) atoms. The van der Waals surface area contributed by atoms with E-state index in [0.717, 1.165) is 0 Å². The highest BCUT2D eigenvalue weighted by Crippen LogP contribution is 2.55. The number of esters is 1. The fourth-order valence-electron chi connectivity index (χ4n) is 3.38. The van der Waals surface area contributed by atoms with E-state index in [9.17, 15) is 15.0 Å². The molecular formula is C9H12O4. The fraction of sp³-hybridized carbons (Fsp3) is 0.889. The molecule has 2 bridgehead atoms. The predicted molar refractivity (Wildman–Crippen MR) is 41.5 cm³/mol. The predicted octanol–water partition coefficient (Wildman–Crippen LogP) is -0.853. The van der Waals surface area contributed by atoms with Gasteiger partial charge in [0.15, 0.2) is 0 Å². The number of cyclic esters (lactones) is 1. The first-order valence-electron chi connectivity index (χ1n) is 4.73. The first kappa shape index (κ1) is 7.76. The van der Waals surface area contributed by atoms with Crippen LogP contribution >= 0.6 is 0 Å². The highest BCUT2D eigenvalue weighted by Gasteiger charge is 2.63. The normalized spacial score (nSPS) is 58.2. The molecule has 1 saturated heterocycles. The van der Waals surface area contributed by atoms with E-state index >= 15 is 0 Å². The summed E-state index contributed by atoms with van der Waals surface area (Å²) in [6, 6.07) is 0. The van der Waals surface area contributed by atoms with Crippen LogP contribution in [0.3, 0.4) is 0 Å². The molecule has 0 radical (unpaired) electrons. The summed E-state index contributed by atoms with van der Waals surface area (Å²) in [5, 5.41) is 19.4. The largest absolute Gasteiger partial charge is 0.465 e. The SMILES string of the molecule is O=C1OC[C@@H]2[C@@H]1[C@@H]1C[C@@H](O)[C@H]2[C@H]1O. The van der Waals surface area contributed by atoms with Crippen molar-refractivity contribution in [3.63, 3.8) is 0 Å². The molecule has 1 heterocycles. The van der Waals surface area contributed by atoms with Crippen LogP contribution in [0.2, 0.25) is 0 Å². The van der Waals surface area contributed by atoms with Crippen molar-refractivity contribution in [3.05, 3.63) is 0 Å². The van der Waals surface area contributed by atoms with E-state index < -0.39 is 12.2 Å². The molecule has 0 aromatic carbocycles. The number of aliphatic hydroxyl groups is 2. The molecule has 0 aromatic heterocycles. The molecule has 2 aliphatic carbocycles. The second kappa shape index (κ2) is 2.25. The monoisotopic (exact) mass is 184 g/mol. The van der Waals surface area contributed by atoms with E-state index in [1.54, 1.807) is 0 Å². The number of carbonyl (C=O) groups excluding carboxylic acids is 1. The van der Waals surface area contributed by atoms with Crippen molar-refractivity contribution in [2.75, 3.05) is 6.61 Å². The lowest BCUT2D eigenvalue weighted by molar-refractivity contribution is -0.143. The Morgan fingerprint density at radius 3 is 2.85 bits per heavy atom. The number of carbonyl (C=O) groups is 1. The summed E-state index contributed by atoms with van der Waals surface area (Å²) < 4.78 is 4.94. The van der Waals surface area contributed by atoms with Crippen molar-refractivity contribution in [1.29, 1.82) is 0 Å². The van der Waals surface area contributed by atoms with Crippen LogP contribution in [0.1, 0.15) is 6.42 Å². The van der Waals surface area contributed by atoms with Crippen LogP contribution in [0.15, 0.2) is 0 Å². The van der Waals surface area contributed by atoms with E-state index in [4.69, 9.17) is 4.74 Å². The third kappa shape index (κ3) is 0.758. The molecule has 6 atom stereocenters. The quantitative estimate of drug-likeness (QED) is 0.481. The lowest BCUT2D eigenvalue weighted by atomic mass is 9.80. The van der Waals surface area contributed by atoms with Crippen molar-refractivity contribution in [2.24, 2.45) is 23.7 Å². The molecular weight excluding hydrogens is 172 g/mol. The Balaban J connectivity index is 1.98. The van der Waals surface area contributed by atoms with E-state index in [-0.39, 0.29) is 29.6 Å². The molecule has 0 spiro atoms. The van der Waals surface area contributed by atoms with Gasteiger partial charge < -0.3 is 14.9 Å². The van der Waals surface area contributed by atoms with Crippen molar-refractivity contribution in [2.45, 2.75) is 18.6 Å². The molecule has 3 aliphatic rings. The molecule has 3 rings (SSSR count). The summed E-state index contributed by atoms with van der Waals surface area (Å²) in [7, 11) is 0. The molecule has 4 heteroatoms. The Bertz CT molecular complexity index is 262. The highest BCUT2D eigenvalue weighted by atomic mass is 16.5. The van der Waals surface area contributed by atoms with Gasteiger partial charge in [-0.3, -0.25) is 4.79 Å². The zero-order valence-electron chi connectivity index (χ0n) is 7.09. The van der Waals surface area contributed by atoms with Crippen molar-refractivity contribution in [1.82, 2.24) is 0 Å². The number of aliphatic hydroxyl groups excluding tert-OH is 2. The maximum absolute atomic E-state index is 11.3. The first-order chi connectivity index (χ1) is 6.20. The van der Waals surface area contributed by atoms with Gasteiger partial charge in [0, 0.05) is 17.8 Å². The number of hydrogen-bond donors (Lipinski definition) is 2. The Kier molecular flexibility index (Phi) is 1.34. The van der Waals surface area contributed by atoms with Crippen LogP contribution < -0.4 is 0 Å². The second-order valence-corrected chi connectivity index (χ2v) is 4.35. The van der Waals surface area contributed by atoms with Gasteiger partial charge in [0.05, 0.1) is 24.7 Å². The van der Waals surface area contributed by atoms with E-state index in [0.29, 0.717) is 13.0 Å². The van der Waals surface area contributed by atoms with Gasteiger partial charge in [0.2, 0.25) is 0 Å². The Labute approximate surface area is 75.5 Å². The molecule has 0 unspecified atom stereocenters. The van der Waals surface area contributed by atoms with Crippen molar-refractivity contribution >= 4 is 5.97 Å². The molecule has 3 fully saturated rings. The minimum Gasteiger partial charge on any atom is -0.465 e. The first-order valence-corrected chi connectivity index (χ1v) is 4.73. The van der Waals surface area contributed by atoms with Gasteiger partial charge in [0.1, 0.15) is 0 Å². The van der Waals surface area contributed by atoms with Crippen molar-refractivity contribution in [3.8, 4) is 0 Å². The van der Waals surface area contributed by atoms with E-state index in [2.05, 4.69) is 0 Å². The summed E-state index contributed by atoms with van der Waals surface area (Å²) in [5.41, 5.74) is 0. The third-order valence-electron chi connectivity index (χ3n) is 3.90. The zero-order chi connectivity index (χ0) is 9.16. The second-order valence-electron chi connectivity index (χ2n) is 4.35. The van der Waals surface area contributed by atoms with Gasteiger partial charge >= 0.3 is 5.97 Å². The number of hydrogen-bond acceptors (Lipinski definition) is 4. The van der Waals surface area contributed by atoms with Gasteiger partial charge in [-0.1, -0.05) is 0 Å². The van der Waals surface area contributed by atoms with Crippen LogP contribution in [0.4, 0.5) is 0 Å². The average molecular weight is 184 g/mol. The average Bonchev–Trinajstić information content (AvgIpc) is 2.64. The summed E-state index contributed by atoms with van der Waals surface area (Å²) in [6.07, 6.45) is -0.365. The molecule has 4 nitrogen and oxygen atoms in total. The highest BCUT2D eigenvalue weighted by molar-refractivity contribution is 5.76. The van der Waals surface area contributed by atoms with Gasteiger partial charge in [-0.05, 0) is 6.42 Å². The molecule has 0 aromatic rings. The summed E-state index contributed by atoms with van der Waals surface area (Å²) in [5.74, 6) is -0.426. The zero-order valence-corrected chi connectivity index (χ0v) is 7.09. The summed E-state index contributed by atoms with van der Waals surface area (Å²) in [4.78, 5) is 11.3. The molecule has 72 valence electrons. The Morgan fingerprint density at radius 1 is 1.31 bits per heavy atom. The maximum atomic E-state index is 11.3. The van der Waals surface area contributed by atoms with Crippen LogP contribution in [0, 0.1) is 23.7 Å². The Hall–Kier alpha value is -0.610. The standard InChI is InChI=1S/C9H12O4/c10-5-1-3-6-4(2-13-9(6)12)7(5)8(3)11/h3-8,10-11H,1-2H2/t3-,4+,5+,6-,7-,8-/m0/s1. The third-order valence-corrected chi connectivity index (χ3v) is 3.90.